The van der Waals surface area contributed by atoms with Crippen molar-refractivity contribution in [3.8, 4) is 17.0 Å². The average Bonchev–Trinajstić information content (AvgIpc) is 3.45. The summed E-state index contributed by atoms with van der Waals surface area (Å²) in [5.74, 6) is -0.540. The predicted molar refractivity (Wildman–Crippen MR) is 160 cm³/mol. The summed E-state index contributed by atoms with van der Waals surface area (Å²) in [5.41, 5.74) is -3.42. The van der Waals surface area contributed by atoms with Crippen LogP contribution in [-0.2, 0) is 9.53 Å². The van der Waals surface area contributed by atoms with Crippen molar-refractivity contribution in [1.29, 1.82) is 0 Å². The summed E-state index contributed by atoms with van der Waals surface area (Å²) in [4.78, 5) is 17.7. The molecule has 0 saturated heterocycles. The number of benzene rings is 1. The summed E-state index contributed by atoms with van der Waals surface area (Å²) in [5, 5.41) is 11.5. The van der Waals surface area contributed by atoms with Crippen LogP contribution in [0.2, 0.25) is 0 Å². The van der Waals surface area contributed by atoms with Gasteiger partial charge in [0.15, 0.2) is 10.7 Å². The highest BCUT2D eigenvalue weighted by molar-refractivity contribution is 7.14. The Morgan fingerprint density at radius 3 is 2.47 bits per heavy atom. The number of ether oxygens (including phenoxy) is 2. The quantitative estimate of drug-likeness (QED) is 0.245. The lowest BCUT2D eigenvalue weighted by molar-refractivity contribution is -0.204. The minimum atomic E-state index is -4.96. The molecule has 0 saturated carbocycles. The third-order valence-electron chi connectivity index (χ3n) is 7.85. The molecule has 2 aliphatic rings. The molecule has 45 heavy (non-hydrogen) atoms. The van der Waals surface area contributed by atoms with Gasteiger partial charge in [-0.05, 0) is 57.7 Å². The van der Waals surface area contributed by atoms with Gasteiger partial charge in [0.25, 0.3) is 0 Å². The van der Waals surface area contributed by atoms with Crippen molar-refractivity contribution in [2.24, 2.45) is 5.41 Å². The molecule has 1 aromatic carbocycles. The summed E-state index contributed by atoms with van der Waals surface area (Å²) in [7, 11) is 1.51. The van der Waals surface area contributed by atoms with Crippen molar-refractivity contribution in [3.63, 3.8) is 0 Å². The Kier molecular flexibility index (Phi) is 9.93. The number of thiazole rings is 1. The van der Waals surface area contributed by atoms with E-state index in [1.54, 1.807) is 46.7 Å². The van der Waals surface area contributed by atoms with Gasteiger partial charge in [0, 0.05) is 29.6 Å². The standard InChI is InChI=1S/C32H34F6N2O4S/c1-29(2,27(41)42)44-22-11-9-20(10-12-22)14-16-40(28-39-25(19-45-28)23-7-5-6-8-26(23)43-4)18-21-13-15-30(3,32(36,37)38)17-24(21)31(33,34)35/h5-11,13,15,19,22H,12,14,16-18H2,1-4H3,(H,41,42). The van der Waals surface area contributed by atoms with Gasteiger partial charge in [-0.15, -0.1) is 11.3 Å². The topological polar surface area (TPSA) is 71.9 Å². The first-order valence-electron chi connectivity index (χ1n) is 14.1. The van der Waals surface area contributed by atoms with Crippen LogP contribution in [0.25, 0.3) is 11.3 Å². The van der Waals surface area contributed by atoms with Gasteiger partial charge in [0.1, 0.15) is 5.75 Å². The molecular weight excluding hydrogens is 622 g/mol. The SMILES string of the molecule is COc1ccccc1-c1csc(N(CCC2=CCC(OC(C)(C)C(=O)O)C=C2)CC2=C(C(F)(F)F)CC(C)(C(F)(F)F)C=C2)n1. The molecule has 0 amide bonds. The third kappa shape index (κ3) is 7.99. The van der Waals surface area contributed by atoms with Gasteiger partial charge in [0.2, 0.25) is 0 Å². The highest BCUT2D eigenvalue weighted by atomic mass is 32.1. The van der Waals surface area contributed by atoms with Crippen LogP contribution in [0.3, 0.4) is 0 Å². The molecule has 0 spiro atoms. The van der Waals surface area contributed by atoms with Crippen molar-refractivity contribution in [2.75, 3.05) is 25.1 Å². The second-order valence-electron chi connectivity index (χ2n) is 11.7. The normalized spacial score (nSPS) is 20.8. The van der Waals surface area contributed by atoms with E-state index in [2.05, 4.69) is 4.98 Å². The zero-order valence-corrected chi connectivity index (χ0v) is 25.9. The Labute approximate surface area is 261 Å². The number of carbonyl (C=O) groups is 1. The first-order valence-corrected chi connectivity index (χ1v) is 15.0. The number of hydrogen-bond donors (Lipinski definition) is 1. The number of methoxy groups -OCH3 is 1. The van der Waals surface area contributed by atoms with E-state index in [0.29, 0.717) is 35.0 Å². The molecule has 0 bridgehead atoms. The molecule has 0 fully saturated rings. The Balaban J connectivity index is 1.62. The summed E-state index contributed by atoms with van der Waals surface area (Å²) in [6.45, 7) is 3.57. The van der Waals surface area contributed by atoms with Crippen LogP contribution in [0.1, 0.15) is 40.0 Å². The second kappa shape index (κ2) is 13.0. The first-order chi connectivity index (χ1) is 20.9. The summed E-state index contributed by atoms with van der Waals surface area (Å²) < 4.78 is 94.9. The molecule has 6 nitrogen and oxygen atoms in total. The molecule has 244 valence electrons. The predicted octanol–water partition coefficient (Wildman–Crippen LogP) is 8.54. The fourth-order valence-electron chi connectivity index (χ4n) is 5.00. The Morgan fingerprint density at radius 1 is 1.16 bits per heavy atom. The molecule has 0 aliphatic heterocycles. The molecule has 2 atom stereocenters. The summed E-state index contributed by atoms with van der Waals surface area (Å²) >= 11 is 1.21. The molecule has 1 aromatic heterocycles. The van der Waals surface area contributed by atoms with Gasteiger partial charge in [-0.3, -0.25) is 0 Å². The van der Waals surface area contributed by atoms with E-state index >= 15 is 0 Å². The minimum Gasteiger partial charge on any atom is -0.496 e. The van der Waals surface area contributed by atoms with Gasteiger partial charge in [-0.1, -0.05) is 48.1 Å². The highest BCUT2D eigenvalue weighted by Gasteiger charge is 2.54. The van der Waals surface area contributed by atoms with E-state index in [9.17, 15) is 36.2 Å². The monoisotopic (exact) mass is 656 g/mol. The molecule has 1 N–H and O–H groups in total. The largest absolute Gasteiger partial charge is 0.496 e. The van der Waals surface area contributed by atoms with E-state index in [1.807, 2.05) is 6.08 Å². The van der Waals surface area contributed by atoms with E-state index in [4.69, 9.17) is 9.47 Å². The van der Waals surface area contributed by atoms with Crippen LogP contribution in [0.5, 0.6) is 5.75 Å². The number of alkyl halides is 6. The van der Waals surface area contributed by atoms with Crippen LogP contribution in [0.15, 0.2) is 76.7 Å². The number of aliphatic carboxylic acids is 1. The smallest absolute Gasteiger partial charge is 0.413 e. The van der Waals surface area contributed by atoms with Crippen LogP contribution in [0.4, 0.5) is 31.5 Å². The van der Waals surface area contributed by atoms with Crippen LogP contribution in [0, 0.1) is 5.41 Å². The number of aromatic nitrogens is 1. The number of hydrogen-bond acceptors (Lipinski definition) is 6. The van der Waals surface area contributed by atoms with Gasteiger partial charge in [-0.25, -0.2) is 9.78 Å². The average molecular weight is 657 g/mol. The van der Waals surface area contributed by atoms with Crippen molar-refractivity contribution in [3.05, 3.63) is 76.7 Å². The van der Waals surface area contributed by atoms with Crippen molar-refractivity contribution in [1.82, 2.24) is 4.98 Å². The zero-order chi connectivity index (χ0) is 33.2. The number of anilines is 1. The number of carboxylic acids is 1. The molecule has 1 heterocycles. The molecule has 2 unspecified atom stereocenters. The molecule has 4 rings (SSSR count). The maximum atomic E-state index is 14.2. The third-order valence-corrected chi connectivity index (χ3v) is 8.75. The molecule has 0 radical (unpaired) electrons. The number of nitrogens with zero attached hydrogens (tertiary/aromatic N) is 2. The van der Waals surface area contributed by atoms with Gasteiger partial charge in [-0.2, -0.15) is 26.3 Å². The van der Waals surface area contributed by atoms with Crippen LogP contribution >= 0.6 is 11.3 Å². The fourth-order valence-corrected chi connectivity index (χ4v) is 5.85. The maximum Gasteiger partial charge on any atom is 0.413 e. The van der Waals surface area contributed by atoms with E-state index in [-0.39, 0.29) is 18.7 Å². The summed E-state index contributed by atoms with van der Waals surface area (Å²) in [6.07, 6.45) is -3.58. The van der Waals surface area contributed by atoms with Crippen molar-refractivity contribution < 1.29 is 45.7 Å². The van der Waals surface area contributed by atoms with E-state index in [0.717, 1.165) is 24.6 Å². The highest BCUT2D eigenvalue weighted by Crippen LogP contribution is 2.50. The lowest BCUT2D eigenvalue weighted by Gasteiger charge is -2.35. The first kappa shape index (κ1) is 34.3. The van der Waals surface area contributed by atoms with Crippen molar-refractivity contribution in [2.45, 2.75) is 64.1 Å². The number of halogens is 6. The molecular formula is C32H34F6N2O4S. The minimum absolute atomic E-state index is 0.209. The molecule has 2 aromatic rings. The molecule has 13 heteroatoms. The van der Waals surface area contributed by atoms with E-state index in [1.165, 1.54) is 32.3 Å². The maximum absolute atomic E-state index is 14.2. The summed E-state index contributed by atoms with van der Waals surface area (Å²) in [6, 6.07) is 7.15. The lowest BCUT2D eigenvalue weighted by Crippen LogP contribution is -2.39. The number of carboxylic acid groups (broad SMARTS) is 1. The number of para-hydroxylation sites is 1. The van der Waals surface area contributed by atoms with Gasteiger partial charge < -0.3 is 19.5 Å². The van der Waals surface area contributed by atoms with Crippen LogP contribution < -0.4 is 9.64 Å². The van der Waals surface area contributed by atoms with Gasteiger partial charge in [0.05, 0.1) is 24.3 Å². The Hall–Kier alpha value is -3.58. The Morgan fingerprint density at radius 2 is 1.87 bits per heavy atom. The second-order valence-corrected chi connectivity index (χ2v) is 12.5. The Bertz CT molecular complexity index is 1520. The zero-order valence-electron chi connectivity index (χ0n) is 25.1. The number of rotatable bonds is 11. The van der Waals surface area contributed by atoms with Gasteiger partial charge >= 0.3 is 18.3 Å². The van der Waals surface area contributed by atoms with Crippen LogP contribution in [-0.4, -0.2) is 60.3 Å². The fraction of sp³-hybridized carbons (Fsp3) is 0.438. The number of allylic oxidation sites excluding steroid dienone is 3. The lowest BCUT2D eigenvalue weighted by atomic mass is 9.76. The molecule has 2 aliphatic carbocycles. The van der Waals surface area contributed by atoms with E-state index < -0.39 is 47.4 Å². The van der Waals surface area contributed by atoms with Crippen molar-refractivity contribution >= 4 is 22.4 Å².